The summed E-state index contributed by atoms with van der Waals surface area (Å²) in [6.07, 6.45) is 0.805. The molecule has 1 aliphatic heterocycles. The molecule has 0 aromatic carbocycles. The zero-order valence-corrected chi connectivity index (χ0v) is 11.1. The summed E-state index contributed by atoms with van der Waals surface area (Å²) in [6, 6.07) is 3.62. The number of carboxylic acid groups (broad SMARTS) is 1. The van der Waals surface area contributed by atoms with E-state index in [0.717, 1.165) is 5.82 Å². The molecule has 3 heterocycles. The summed E-state index contributed by atoms with van der Waals surface area (Å²) in [5.41, 5.74) is 0.708. The molecule has 3 rings (SSSR count). The predicted molar refractivity (Wildman–Crippen MR) is 71.3 cm³/mol. The molecule has 0 aliphatic carbocycles. The molecule has 1 saturated heterocycles. The molecule has 2 aromatic heterocycles. The van der Waals surface area contributed by atoms with Gasteiger partial charge < -0.3 is 19.6 Å². The van der Waals surface area contributed by atoms with Crippen LogP contribution in [0.1, 0.15) is 0 Å². The second-order valence-electron chi connectivity index (χ2n) is 4.51. The number of anilines is 1. The highest BCUT2D eigenvalue weighted by atomic mass is 16.5. The fourth-order valence-electron chi connectivity index (χ4n) is 2.33. The normalized spacial score (nSPS) is 15.7. The van der Waals surface area contributed by atoms with Gasteiger partial charge in [0.15, 0.2) is 5.65 Å². The first-order valence-electron chi connectivity index (χ1n) is 6.30. The Bertz CT molecular complexity index is 633. The number of aromatic nitrogens is 3. The Kier molecular flexibility index (Phi) is 3.05. The van der Waals surface area contributed by atoms with Crippen molar-refractivity contribution in [2.24, 2.45) is 0 Å². The molecule has 1 amide bonds. The van der Waals surface area contributed by atoms with Crippen LogP contribution >= 0.6 is 0 Å². The number of rotatable bonds is 2. The van der Waals surface area contributed by atoms with Crippen LogP contribution in [-0.4, -0.2) is 64.0 Å². The van der Waals surface area contributed by atoms with Crippen LogP contribution in [0.25, 0.3) is 5.65 Å². The minimum Gasteiger partial charge on any atom is -0.481 e. The maximum Gasteiger partial charge on any atom is 0.407 e. The Morgan fingerprint density at radius 3 is 2.75 bits per heavy atom. The average Bonchev–Trinajstić information content (AvgIpc) is 2.94. The Morgan fingerprint density at radius 1 is 1.35 bits per heavy atom. The van der Waals surface area contributed by atoms with Gasteiger partial charge in [-0.15, -0.1) is 0 Å². The smallest absolute Gasteiger partial charge is 0.407 e. The van der Waals surface area contributed by atoms with Crippen molar-refractivity contribution in [1.82, 2.24) is 19.5 Å². The molecule has 2 aromatic rings. The molecule has 8 heteroatoms. The zero-order valence-electron chi connectivity index (χ0n) is 11.1. The Labute approximate surface area is 115 Å². The van der Waals surface area contributed by atoms with Crippen molar-refractivity contribution in [2.75, 3.05) is 38.2 Å². The number of hydrogen-bond donors (Lipinski definition) is 1. The first kappa shape index (κ1) is 12.5. The summed E-state index contributed by atoms with van der Waals surface area (Å²) in [7, 11) is 1.57. The molecule has 0 spiro atoms. The van der Waals surface area contributed by atoms with E-state index in [-0.39, 0.29) is 0 Å². The van der Waals surface area contributed by atoms with Gasteiger partial charge in [0.2, 0.25) is 5.88 Å². The number of carbonyl (C=O) groups is 1. The first-order valence-corrected chi connectivity index (χ1v) is 6.30. The molecular formula is C12H15N5O3. The van der Waals surface area contributed by atoms with Crippen molar-refractivity contribution in [3.8, 4) is 5.88 Å². The second-order valence-corrected chi connectivity index (χ2v) is 4.51. The van der Waals surface area contributed by atoms with Gasteiger partial charge in [0.05, 0.1) is 13.3 Å². The zero-order chi connectivity index (χ0) is 14.1. The maximum absolute atomic E-state index is 10.9. The molecule has 106 valence electrons. The highest BCUT2D eigenvalue weighted by molar-refractivity contribution is 5.65. The summed E-state index contributed by atoms with van der Waals surface area (Å²) in [4.78, 5) is 18.7. The number of ether oxygens (including phenoxy) is 1. The molecule has 8 nitrogen and oxygen atoms in total. The van der Waals surface area contributed by atoms with Crippen LogP contribution in [-0.2, 0) is 0 Å². The third-order valence-electron chi connectivity index (χ3n) is 3.40. The van der Waals surface area contributed by atoms with E-state index >= 15 is 0 Å². The van der Waals surface area contributed by atoms with Gasteiger partial charge >= 0.3 is 6.09 Å². The molecule has 20 heavy (non-hydrogen) atoms. The summed E-state index contributed by atoms with van der Waals surface area (Å²) < 4.78 is 6.93. The Morgan fingerprint density at radius 2 is 2.10 bits per heavy atom. The molecule has 1 aliphatic rings. The SMILES string of the molecule is COc1cc(N2CCN(C(=O)O)CC2)n2nccc2n1. The largest absolute Gasteiger partial charge is 0.481 e. The van der Waals surface area contributed by atoms with Crippen LogP contribution in [0.3, 0.4) is 0 Å². The molecule has 1 N–H and O–H groups in total. The molecular weight excluding hydrogens is 262 g/mol. The van der Waals surface area contributed by atoms with E-state index < -0.39 is 6.09 Å². The summed E-state index contributed by atoms with van der Waals surface area (Å²) >= 11 is 0. The number of fused-ring (bicyclic) bond motifs is 1. The minimum atomic E-state index is -0.874. The lowest BCUT2D eigenvalue weighted by Crippen LogP contribution is -2.48. The van der Waals surface area contributed by atoms with E-state index in [9.17, 15) is 4.79 Å². The maximum atomic E-state index is 10.9. The number of piperazine rings is 1. The van der Waals surface area contributed by atoms with Crippen molar-refractivity contribution in [1.29, 1.82) is 0 Å². The van der Waals surface area contributed by atoms with Crippen LogP contribution in [0, 0.1) is 0 Å². The van der Waals surface area contributed by atoms with Crippen molar-refractivity contribution >= 4 is 17.6 Å². The van der Waals surface area contributed by atoms with Gasteiger partial charge in [0, 0.05) is 38.3 Å². The van der Waals surface area contributed by atoms with Gasteiger partial charge in [0.25, 0.3) is 0 Å². The van der Waals surface area contributed by atoms with Crippen molar-refractivity contribution in [3.05, 3.63) is 18.3 Å². The van der Waals surface area contributed by atoms with E-state index in [1.54, 1.807) is 23.9 Å². The molecule has 0 radical (unpaired) electrons. The van der Waals surface area contributed by atoms with E-state index in [4.69, 9.17) is 9.84 Å². The first-order chi connectivity index (χ1) is 9.69. The molecule has 0 unspecified atom stereocenters. The number of methoxy groups -OCH3 is 1. The van der Waals surface area contributed by atoms with Crippen LogP contribution in [0.4, 0.5) is 10.6 Å². The van der Waals surface area contributed by atoms with E-state index in [1.807, 2.05) is 6.07 Å². The van der Waals surface area contributed by atoms with Crippen LogP contribution < -0.4 is 9.64 Å². The van der Waals surface area contributed by atoms with E-state index in [1.165, 1.54) is 4.90 Å². The third kappa shape index (κ3) is 2.09. The van der Waals surface area contributed by atoms with Crippen molar-refractivity contribution in [3.63, 3.8) is 0 Å². The van der Waals surface area contributed by atoms with E-state index in [0.29, 0.717) is 37.7 Å². The molecule has 0 bridgehead atoms. The van der Waals surface area contributed by atoms with Crippen LogP contribution in [0.15, 0.2) is 18.3 Å². The summed E-state index contributed by atoms with van der Waals surface area (Å²) in [5, 5.41) is 13.2. The minimum absolute atomic E-state index is 0.475. The summed E-state index contributed by atoms with van der Waals surface area (Å²) in [5.74, 6) is 1.38. The summed E-state index contributed by atoms with van der Waals surface area (Å²) in [6.45, 7) is 2.19. The molecule has 1 fully saturated rings. The quantitative estimate of drug-likeness (QED) is 0.862. The molecule has 0 saturated carbocycles. The van der Waals surface area contributed by atoms with Gasteiger partial charge in [-0.25, -0.2) is 4.79 Å². The predicted octanol–water partition coefficient (Wildman–Crippen LogP) is 0.538. The van der Waals surface area contributed by atoms with Crippen LogP contribution in [0.2, 0.25) is 0 Å². The fraction of sp³-hybridized carbons (Fsp3) is 0.417. The standard InChI is InChI=1S/C12H15N5O3/c1-20-10-8-11(17-9(14-10)2-3-13-17)15-4-6-16(7-5-15)12(18)19/h2-3,8H,4-7H2,1H3,(H,18,19). The van der Waals surface area contributed by atoms with Gasteiger partial charge in [-0.2, -0.15) is 14.6 Å². The van der Waals surface area contributed by atoms with Gasteiger partial charge in [-0.1, -0.05) is 0 Å². The Balaban J connectivity index is 1.90. The number of hydrogen-bond acceptors (Lipinski definition) is 5. The lowest BCUT2D eigenvalue weighted by atomic mass is 10.3. The van der Waals surface area contributed by atoms with Gasteiger partial charge in [-0.05, 0) is 0 Å². The topological polar surface area (TPSA) is 83.2 Å². The lowest BCUT2D eigenvalue weighted by molar-refractivity contribution is 0.142. The fourth-order valence-corrected chi connectivity index (χ4v) is 2.33. The third-order valence-corrected chi connectivity index (χ3v) is 3.40. The van der Waals surface area contributed by atoms with E-state index in [2.05, 4.69) is 15.0 Å². The van der Waals surface area contributed by atoms with Crippen LogP contribution in [0.5, 0.6) is 5.88 Å². The van der Waals surface area contributed by atoms with Gasteiger partial charge in [-0.3, -0.25) is 0 Å². The average molecular weight is 277 g/mol. The highest BCUT2D eigenvalue weighted by Crippen LogP contribution is 2.22. The Hall–Kier alpha value is -2.51. The number of nitrogens with zero attached hydrogens (tertiary/aromatic N) is 5. The second kappa shape index (κ2) is 4.87. The van der Waals surface area contributed by atoms with Crippen molar-refractivity contribution in [2.45, 2.75) is 0 Å². The number of amides is 1. The monoisotopic (exact) mass is 277 g/mol. The van der Waals surface area contributed by atoms with Gasteiger partial charge in [0.1, 0.15) is 5.82 Å². The lowest BCUT2D eigenvalue weighted by Gasteiger charge is -2.34. The molecule has 0 atom stereocenters. The highest BCUT2D eigenvalue weighted by Gasteiger charge is 2.22. The van der Waals surface area contributed by atoms with Crippen molar-refractivity contribution < 1.29 is 14.6 Å².